The molecule has 0 atom stereocenters. The Balaban J connectivity index is 1.46. The average Bonchev–Trinajstić information content (AvgIpc) is 3.26. The Bertz CT molecular complexity index is 1630. The van der Waals surface area contributed by atoms with Gasteiger partial charge in [-0.25, -0.2) is 4.98 Å². The summed E-state index contributed by atoms with van der Waals surface area (Å²) in [5, 5.41) is 6.48. The van der Waals surface area contributed by atoms with Crippen LogP contribution in [0.4, 0.5) is 0 Å². The molecule has 6 heteroatoms. The van der Waals surface area contributed by atoms with Crippen LogP contribution in [-0.4, -0.2) is 20.4 Å². The van der Waals surface area contributed by atoms with E-state index in [2.05, 4.69) is 69.2 Å². The molecule has 3 aromatic carbocycles. The maximum absolute atomic E-state index is 13.7. The van der Waals surface area contributed by atoms with Gasteiger partial charge in [-0.2, -0.15) is 9.78 Å². The van der Waals surface area contributed by atoms with Crippen molar-refractivity contribution in [3.63, 3.8) is 0 Å². The number of rotatable bonds is 5. The second kappa shape index (κ2) is 9.86. The molecule has 6 rings (SSSR count). The number of hydrogen-bond donors (Lipinski definition) is 0. The summed E-state index contributed by atoms with van der Waals surface area (Å²) in [6, 6.07) is 24.5. The molecule has 1 aliphatic carbocycles. The molecule has 5 aromatic rings. The fourth-order valence-electron chi connectivity index (χ4n) is 5.31. The molecule has 0 N–H and O–H groups in total. The standard InChI is InChI=1S/C30H27BrN4O/c31-24-15-16-27-26(17-24)30(36)35(29(33-27)22-11-5-2-6-12-22)32-18-23-20-34(19-21-9-3-1-4-10-21)28-14-8-7-13-25(23)28/h1,3-4,7-10,13-18,20,22H,2,5-6,11-12,19H2. The molecule has 1 saturated carbocycles. The molecule has 180 valence electrons. The van der Waals surface area contributed by atoms with E-state index < -0.39 is 0 Å². The Morgan fingerprint density at radius 1 is 0.944 bits per heavy atom. The lowest BCUT2D eigenvalue weighted by Gasteiger charge is -2.22. The highest BCUT2D eigenvalue weighted by atomic mass is 79.9. The molecule has 0 bridgehead atoms. The predicted molar refractivity (Wildman–Crippen MR) is 150 cm³/mol. The minimum Gasteiger partial charge on any atom is -0.342 e. The fraction of sp³-hybridized carbons (Fsp3) is 0.233. The predicted octanol–water partition coefficient (Wildman–Crippen LogP) is 7.09. The first kappa shape index (κ1) is 22.9. The van der Waals surface area contributed by atoms with Gasteiger partial charge < -0.3 is 4.57 Å². The summed E-state index contributed by atoms with van der Waals surface area (Å²) in [5.74, 6) is 1.02. The number of hydrogen-bond acceptors (Lipinski definition) is 3. The summed E-state index contributed by atoms with van der Waals surface area (Å²) in [6.07, 6.45) is 9.60. The fourth-order valence-corrected chi connectivity index (χ4v) is 5.67. The first-order valence-electron chi connectivity index (χ1n) is 12.6. The molecule has 0 saturated heterocycles. The number of para-hydroxylation sites is 1. The van der Waals surface area contributed by atoms with Crippen molar-refractivity contribution in [2.75, 3.05) is 0 Å². The second-order valence-corrected chi connectivity index (χ2v) is 10.5. The number of fused-ring (bicyclic) bond motifs is 2. The van der Waals surface area contributed by atoms with Crippen LogP contribution in [0.15, 0.2) is 93.4 Å². The van der Waals surface area contributed by atoms with E-state index in [1.54, 1.807) is 4.68 Å². The number of halogens is 1. The van der Waals surface area contributed by atoms with Gasteiger partial charge in [0.25, 0.3) is 5.56 Å². The summed E-state index contributed by atoms with van der Waals surface area (Å²) in [4.78, 5) is 18.6. The third-order valence-corrected chi connectivity index (χ3v) is 7.62. The molecule has 5 nitrogen and oxygen atoms in total. The van der Waals surface area contributed by atoms with E-state index >= 15 is 0 Å². The number of benzene rings is 3. The largest absolute Gasteiger partial charge is 0.342 e. The van der Waals surface area contributed by atoms with Crippen LogP contribution in [-0.2, 0) is 6.54 Å². The Morgan fingerprint density at radius 3 is 2.56 bits per heavy atom. The van der Waals surface area contributed by atoms with Gasteiger partial charge in [0, 0.05) is 39.6 Å². The third-order valence-electron chi connectivity index (χ3n) is 7.13. The smallest absolute Gasteiger partial charge is 0.282 e. The molecule has 0 radical (unpaired) electrons. The van der Waals surface area contributed by atoms with E-state index in [1.165, 1.54) is 12.0 Å². The highest BCUT2D eigenvalue weighted by Crippen LogP contribution is 2.32. The van der Waals surface area contributed by atoms with E-state index in [4.69, 9.17) is 10.1 Å². The van der Waals surface area contributed by atoms with Crippen molar-refractivity contribution in [1.29, 1.82) is 0 Å². The maximum Gasteiger partial charge on any atom is 0.282 e. The lowest BCUT2D eigenvalue weighted by Crippen LogP contribution is -2.25. The topological polar surface area (TPSA) is 52.2 Å². The van der Waals surface area contributed by atoms with Crippen molar-refractivity contribution in [1.82, 2.24) is 14.2 Å². The van der Waals surface area contributed by atoms with Crippen molar-refractivity contribution >= 4 is 44.0 Å². The van der Waals surface area contributed by atoms with E-state index in [-0.39, 0.29) is 11.5 Å². The van der Waals surface area contributed by atoms with Crippen molar-refractivity contribution in [2.45, 2.75) is 44.6 Å². The first-order valence-corrected chi connectivity index (χ1v) is 13.3. The van der Waals surface area contributed by atoms with Crippen LogP contribution in [0.2, 0.25) is 0 Å². The Morgan fingerprint density at radius 2 is 1.72 bits per heavy atom. The summed E-state index contributed by atoms with van der Waals surface area (Å²) in [6.45, 7) is 0.772. The zero-order chi connectivity index (χ0) is 24.5. The van der Waals surface area contributed by atoms with E-state index in [0.29, 0.717) is 5.39 Å². The Hall–Kier alpha value is -3.51. The van der Waals surface area contributed by atoms with E-state index in [0.717, 1.165) is 64.5 Å². The molecule has 2 heterocycles. The first-order chi connectivity index (χ1) is 17.7. The van der Waals surface area contributed by atoms with Gasteiger partial charge in [0.05, 0.1) is 17.1 Å². The van der Waals surface area contributed by atoms with Crippen molar-refractivity contribution in [2.24, 2.45) is 5.10 Å². The number of aromatic nitrogens is 3. The van der Waals surface area contributed by atoms with E-state index in [9.17, 15) is 4.79 Å². The second-order valence-electron chi connectivity index (χ2n) is 9.54. The average molecular weight is 539 g/mol. The van der Waals surface area contributed by atoms with E-state index in [1.807, 2.05) is 36.5 Å². The van der Waals surface area contributed by atoms with Gasteiger partial charge in [0.2, 0.25) is 0 Å². The minimum absolute atomic E-state index is 0.119. The highest BCUT2D eigenvalue weighted by molar-refractivity contribution is 9.10. The lowest BCUT2D eigenvalue weighted by atomic mass is 9.88. The molecule has 0 amide bonds. The zero-order valence-electron chi connectivity index (χ0n) is 20.0. The SMILES string of the molecule is O=c1c2cc(Br)ccc2nc(C2CCCCC2)n1N=Cc1cn(Cc2ccccc2)c2ccccc12. The van der Waals surface area contributed by atoms with Gasteiger partial charge in [-0.1, -0.05) is 83.7 Å². The molecular weight excluding hydrogens is 512 g/mol. The third kappa shape index (κ3) is 4.42. The van der Waals surface area contributed by atoms with Crippen LogP contribution in [0, 0.1) is 0 Å². The summed E-state index contributed by atoms with van der Waals surface area (Å²) in [7, 11) is 0. The zero-order valence-corrected chi connectivity index (χ0v) is 21.6. The normalized spacial score (nSPS) is 14.8. The number of nitrogens with zero attached hydrogens (tertiary/aromatic N) is 4. The van der Waals surface area contributed by atoms with Gasteiger partial charge >= 0.3 is 0 Å². The Kier molecular flexibility index (Phi) is 6.28. The molecular formula is C30H27BrN4O. The maximum atomic E-state index is 13.7. The van der Waals surface area contributed by atoms with Gasteiger partial charge in [0.1, 0.15) is 5.82 Å². The van der Waals surface area contributed by atoms with Crippen LogP contribution in [0.3, 0.4) is 0 Å². The van der Waals surface area contributed by atoms with Crippen LogP contribution < -0.4 is 5.56 Å². The summed E-state index contributed by atoms with van der Waals surface area (Å²) in [5.41, 5.74) is 3.98. The van der Waals surface area contributed by atoms with Crippen LogP contribution in [0.5, 0.6) is 0 Å². The quantitative estimate of drug-likeness (QED) is 0.224. The summed E-state index contributed by atoms with van der Waals surface area (Å²) >= 11 is 3.50. The Labute approximate surface area is 218 Å². The molecule has 1 fully saturated rings. The molecule has 2 aromatic heterocycles. The lowest BCUT2D eigenvalue weighted by molar-refractivity contribution is 0.416. The summed E-state index contributed by atoms with van der Waals surface area (Å²) < 4.78 is 4.65. The molecule has 0 unspecified atom stereocenters. The van der Waals surface area contributed by atoms with Crippen LogP contribution in [0.1, 0.15) is 55.0 Å². The van der Waals surface area contributed by atoms with Crippen molar-refractivity contribution < 1.29 is 0 Å². The monoisotopic (exact) mass is 538 g/mol. The van der Waals surface area contributed by atoms with Gasteiger partial charge in [-0.15, -0.1) is 0 Å². The van der Waals surface area contributed by atoms with Crippen LogP contribution >= 0.6 is 15.9 Å². The van der Waals surface area contributed by atoms with Gasteiger partial charge in [-0.3, -0.25) is 4.79 Å². The van der Waals surface area contributed by atoms with Crippen molar-refractivity contribution in [3.05, 3.63) is 111 Å². The molecule has 1 aliphatic rings. The minimum atomic E-state index is -0.119. The van der Waals surface area contributed by atoms with Gasteiger partial charge in [0.15, 0.2) is 0 Å². The highest BCUT2D eigenvalue weighted by Gasteiger charge is 2.22. The molecule has 0 spiro atoms. The molecule has 36 heavy (non-hydrogen) atoms. The molecule has 0 aliphatic heterocycles. The van der Waals surface area contributed by atoms with Gasteiger partial charge in [-0.05, 0) is 42.7 Å². The van der Waals surface area contributed by atoms with Crippen LogP contribution in [0.25, 0.3) is 21.8 Å². The van der Waals surface area contributed by atoms with Crippen molar-refractivity contribution in [3.8, 4) is 0 Å².